The predicted octanol–water partition coefficient (Wildman–Crippen LogP) is 3.08. The van der Waals surface area contributed by atoms with Crippen LogP contribution in [0, 0.1) is 0 Å². The maximum Gasteiger partial charge on any atom is 0.0342 e. The van der Waals surface area contributed by atoms with Crippen molar-refractivity contribution in [2.75, 3.05) is 19.6 Å². The van der Waals surface area contributed by atoms with Gasteiger partial charge >= 0.3 is 0 Å². The molecule has 2 heterocycles. The van der Waals surface area contributed by atoms with E-state index in [1.54, 1.807) is 0 Å². The zero-order valence-corrected chi connectivity index (χ0v) is 12.1. The summed E-state index contributed by atoms with van der Waals surface area (Å²) in [5, 5.41) is 5.59. The third-order valence-corrected chi connectivity index (χ3v) is 5.18. The van der Waals surface area contributed by atoms with Crippen LogP contribution in [-0.2, 0) is 6.54 Å². The molecular weight excluding hydrogens is 284 g/mol. The summed E-state index contributed by atoms with van der Waals surface area (Å²) in [5.41, 5.74) is 0. The molecule has 1 fully saturated rings. The molecule has 1 aliphatic rings. The quantitative estimate of drug-likeness (QED) is 0.919. The van der Waals surface area contributed by atoms with Crippen LogP contribution < -0.4 is 5.32 Å². The number of piperidine rings is 1. The number of nitrogens with one attached hydrogen (secondary N) is 1. The van der Waals surface area contributed by atoms with Crippen molar-refractivity contribution < 1.29 is 0 Å². The number of halogens is 1. The van der Waals surface area contributed by atoms with Gasteiger partial charge in [-0.05, 0) is 59.9 Å². The molecule has 0 spiro atoms. The molecule has 0 atom stereocenters. The van der Waals surface area contributed by atoms with Crippen LogP contribution in [0.25, 0.3) is 0 Å². The number of hydrogen-bond acceptors (Lipinski definition) is 3. The van der Waals surface area contributed by atoms with E-state index in [9.17, 15) is 0 Å². The first-order valence-electron chi connectivity index (χ1n) is 5.98. The van der Waals surface area contributed by atoms with Gasteiger partial charge in [-0.3, -0.25) is 4.90 Å². The maximum atomic E-state index is 3.62. The lowest BCUT2D eigenvalue weighted by Gasteiger charge is -2.33. The summed E-state index contributed by atoms with van der Waals surface area (Å²) in [7, 11) is 0. The third kappa shape index (κ3) is 3.06. The van der Waals surface area contributed by atoms with Gasteiger partial charge in [-0.1, -0.05) is 6.92 Å². The summed E-state index contributed by atoms with van der Waals surface area (Å²) in [5.74, 6) is 0. The summed E-state index contributed by atoms with van der Waals surface area (Å²) in [4.78, 5) is 4.07. The second kappa shape index (κ2) is 6.15. The molecule has 0 aromatic carbocycles. The van der Waals surface area contributed by atoms with Crippen LogP contribution in [0.2, 0.25) is 0 Å². The molecule has 90 valence electrons. The Morgan fingerprint density at radius 3 is 2.81 bits per heavy atom. The van der Waals surface area contributed by atoms with Crippen molar-refractivity contribution in [1.82, 2.24) is 10.2 Å². The van der Waals surface area contributed by atoms with E-state index in [0.29, 0.717) is 0 Å². The molecule has 16 heavy (non-hydrogen) atoms. The Balaban J connectivity index is 1.97. The molecule has 0 saturated carbocycles. The van der Waals surface area contributed by atoms with Gasteiger partial charge in [0, 0.05) is 21.9 Å². The Hall–Kier alpha value is 0.1000. The largest absolute Gasteiger partial charge is 0.317 e. The van der Waals surface area contributed by atoms with E-state index in [2.05, 4.69) is 44.5 Å². The molecule has 1 aromatic rings. The number of hydrogen-bond donors (Lipinski definition) is 1. The van der Waals surface area contributed by atoms with Crippen molar-refractivity contribution in [2.45, 2.75) is 32.4 Å². The number of nitrogens with zero attached hydrogens (tertiary/aromatic N) is 1. The monoisotopic (exact) mass is 302 g/mol. The topological polar surface area (TPSA) is 15.3 Å². The molecule has 1 aromatic heterocycles. The Bertz CT molecular complexity index is 321. The second-order valence-electron chi connectivity index (χ2n) is 4.24. The van der Waals surface area contributed by atoms with Crippen LogP contribution in [-0.4, -0.2) is 30.6 Å². The molecule has 2 rings (SSSR count). The Labute approximate surface area is 110 Å². The lowest BCUT2D eigenvalue weighted by molar-refractivity contribution is 0.163. The lowest BCUT2D eigenvalue weighted by atomic mass is 10.0. The van der Waals surface area contributed by atoms with Crippen molar-refractivity contribution in [3.63, 3.8) is 0 Å². The van der Waals surface area contributed by atoms with Crippen molar-refractivity contribution >= 4 is 27.3 Å². The van der Waals surface area contributed by atoms with Crippen molar-refractivity contribution in [1.29, 1.82) is 0 Å². The number of thiophene rings is 1. The normalized spacial score (nSPS) is 18.2. The minimum atomic E-state index is 0.764. The fourth-order valence-corrected chi connectivity index (χ4v) is 3.80. The Morgan fingerprint density at radius 1 is 1.50 bits per heavy atom. The molecule has 1 aliphatic heterocycles. The van der Waals surface area contributed by atoms with E-state index < -0.39 is 0 Å². The second-order valence-corrected chi connectivity index (χ2v) is 6.09. The van der Waals surface area contributed by atoms with E-state index in [-0.39, 0.29) is 0 Å². The predicted molar refractivity (Wildman–Crippen MR) is 74.0 cm³/mol. The van der Waals surface area contributed by atoms with Gasteiger partial charge < -0.3 is 5.32 Å². The van der Waals surface area contributed by atoms with Gasteiger partial charge in [0.1, 0.15) is 0 Å². The average Bonchev–Trinajstić information content (AvgIpc) is 2.73. The van der Waals surface area contributed by atoms with E-state index in [1.165, 1.54) is 35.3 Å². The van der Waals surface area contributed by atoms with Gasteiger partial charge in [-0.15, -0.1) is 11.3 Å². The highest BCUT2D eigenvalue weighted by molar-refractivity contribution is 9.10. The van der Waals surface area contributed by atoms with Crippen molar-refractivity contribution in [3.8, 4) is 0 Å². The summed E-state index contributed by atoms with van der Waals surface area (Å²) in [6.07, 6.45) is 2.58. The average molecular weight is 303 g/mol. The highest BCUT2D eigenvalue weighted by atomic mass is 79.9. The SMILES string of the molecule is CCN(Cc1sccc1Br)C1CCNCC1. The van der Waals surface area contributed by atoms with Crippen LogP contribution in [0.5, 0.6) is 0 Å². The van der Waals surface area contributed by atoms with Crippen LogP contribution in [0.1, 0.15) is 24.6 Å². The van der Waals surface area contributed by atoms with E-state index in [1.807, 2.05) is 11.3 Å². The van der Waals surface area contributed by atoms with Gasteiger partial charge in [-0.2, -0.15) is 0 Å². The smallest absolute Gasteiger partial charge is 0.0342 e. The minimum Gasteiger partial charge on any atom is -0.317 e. The summed E-state index contributed by atoms with van der Waals surface area (Å²) >= 11 is 5.47. The Kier molecular flexibility index (Phi) is 4.82. The fourth-order valence-electron chi connectivity index (χ4n) is 2.29. The first-order valence-corrected chi connectivity index (χ1v) is 7.65. The van der Waals surface area contributed by atoms with Crippen LogP contribution >= 0.6 is 27.3 Å². The standard InChI is InChI=1S/C12H19BrN2S/c1-2-15(10-3-6-14-7-4-10)9-12-11(13)5-8-16-12/h5,8,10,14H,2-4,6-7,9H2,1H3. The molecular formula is C12H19BrN2S. The molecule has 0 unspecified atom stereocenters. The van der Waals surface area contributed by atoms with Crippen LogP contribution in [0.3, 0.4) is 0 Å². The summed E-state index contributed by atoms with van der Waals surface area (Å²) in [6.45, 7) is 6.86. The van der Waals surface area contributed by atoms with Crippen LogP contribution in [0.15, 0.2) is 15.9 Å². The van der Waals surface area contributed by atoms with Gasteiger partial charge in [-0.25, -0.2) is 0 Å². The van der Waals surface area contributed by atoms with Gasteiger partial charge in [0.2, 0.25) is 0 Å². The highest BCUT2D eigenvalue weighted by Gasteiger charge is 2.20. The summed E-state index contributed by atoms with van der Waals surface area (Å²) in [6, 6.07) is 2.91. The molecule has 0 bridgehead atoms. The van der Waals surface area contributed by atoms with Gasteiger partial charge in [0.15, 0.2) is 0 Å². The third-order valence-electron chi connectivity index (χ3n) is 3.27. The van der Waals surface area contributed by atoms with E-state index >= 15 is 0 Å². The fraction of sp³-hybridized carbons (Fsp3) is 0.667. The van der Waals surface area contributed by atoms with E-state index in [4.69, 9.17) is 0 Å². The molecule has 2 nitrogen and oxygen atoms in total. The molecule has 0 amide bonds. The van der Waals surface area contributed by atoms with Gasteiger partial charge in [0.05, 0.1) is 0 Å². The maximum absolute atomic E-state index is 3.62. The number of rotatable bonds is 4. The zero-order valence-electron chi connectivity index (χ0n) is 9.71. The minimum absolute atomic E-state index is 0.764. The van der Waals surface area contributed by atoms with Crippen molar-refractivity contribution in [3.05, 3.63) is 20.8 Å². The zero-order chi connectivity index (χ0) is 11.4. The first kappa shape index (κ1) is 12.6. The van der Waals surface area contributed by atoms with Crippen molar-refractivity contribution in [2.24, 2.45) is 0 Å². The molecule has 1 saturated heterocycles. The first-order chi connectivity index (χ1) is 7.81. The van der Waals surface area contributed by atoms with Crippen LogP contribution in [0.4, 0.5) is 0 Å². The lowest BCUT2D eigenvalue weighted by Crippen LogP contribution is -2.42. The molecule has 0 radical (unpaired) electrons. The summed E-state index contributed by atoms with van der Waals surface area (Å²) < 4.78 is 1.27. The highest BCUT2D eigenvalue weighted by Crippen LogP contribution is 2.25. The van der Waals surface area contributed by atoms with Gasteiger partial charge in [0.25, 0.3) is 0 Å². The molecule has 4 heteroatoms. The Morgan fingerprint density at radius 2 is 2.25 bits per heavy atom. The van der Waals surface area contributed by atoms with E-state index in [0.717, 1.165) is 19.1 Å². The molecule has 1 N–H and O–H groups in total. The molecule has 0 aliphatic carbocycles.